The van der Waals surface area contributed by atoms with Crippen LogP contribution in [0.1, 0.15) is 47.1 Å². The van der Waals surface area contributed by atoms with Gasteiger partial charge in [0.1, 0.15) is 24.7 Å². The monoisotopic (exact) mass is 450 g/mol. The molecule has 1 aromatic carbocycles. The molecule has 0 radical (unpaired) electrons. The largest absolute Gasteiger partial charge is 0.443 e. The van der Waals surface area contributed by atoms with Gasteiger partial charge in [-0.2, -0.15) is 0 Å². The van der Waals surface area contributed by atoms with E-state index in [0.29, 0.717) is 16.9 Å². The van der Waals surface area contributed by atoms with Crippen molar-refractivity contribution < 1.29 is 23.1 Å². The first-order valence-electron chi connectivity index (χ1n) is 10.5. The fourth-order valence-corrected chi connectivity index (χ4v) is 3.83. The van der Waals surface area contributed by atoms with Crippen LogP contribution in [0.4, 0.5) is 20.6 Å². The number of rotatable bonds is 5. The van der Waals surface area contributed by atoms with Crippen molar-refractivity contribution in [1.82, 2.24) is 0 Å². The van der Waals surface area contributed by atoms with Crippen LogP contribution in [0.25, 0.3) is 0 Å². The molecule has 1 aliphatic rings. The van der Waals surface area contributed by atoms with Gasteiger partial charge in [0.15, 0.2) is 8.32 Å². The number of nitrogens with zero attached hydrogens (tertiary/aromatic N) is 2. The minimum atomic E-state index is -2.17. The van der Waals surface area contributed by atoms with Crippen LogP contribution in [0.5, 0.6) is 0 Å². The maximum atomic E-state index is 14.8. The van der Waals surface area contributed by atoms with E-state index in [1.807, 2.05) is 0 Å². The van der Waals surface area contributed by atoms with E-state index >= 15 is 0 Å². The first-order valence-corrected chi connectivity index (χ1v) is 13.4. The van der Waals surface area contributed by atoms with Gasteiger partial charge in [-0.05, 0) is 57.5 Å². The molecule has 0 bridgehead atoms. The van der Waals surface area contributed by atoms with Gasteiger partial charge >= 0.3 is 6.09 Å². The van der Waals surface area contributed by atoms with E-state index in [0.717, 1.165) is 0 Å². The molecule has 0 saturated carbocycles. The molecule has 6 nitrogen and oxygen atoms in total. The number of allylic oxidation sites excluding steroid dienone is 1. The summed E-state index contributed by atoms with van der Waals surface area (Å²) >= 11 is 0. The van der Waals surface area contributed by atoms with E-state index in [-0.39, 0.29) is 30.6 Å². The van der Waals surface area contributed by atoms with Gasteiger partial charge in [-0.15, -0.1) is 6.58 Å². The predicted molar refractivity (Wildman–Crippen MR) is 125 cm³/mol. The second kappa shape index (κ2) is 8.74. The molecular weight excluding hydrogens is 415 g/mol. The summed E-state index contributed by atoms with van der Waals surface area (Å²) in [6, 6.07) is 2.81. The average molecular weight is 451 g/mol. The minimum Gasteiger partial charge on any atom is -0.443 e. The Hall–Kier alpha value is -2.19. The summed E-state index contributed by atoms with van der Waals surface area (Å²) in [6.07, 6.45) is 1.13. The van der Waals surface area contributed by atoms with Crippen LogP contribution in [-0.4, -0.2) is 39.2 Å². The quantitative estimate of drug-likeness (QED) is 0.431. The third-order valence-corrected chi connectivity index (χ3v) is 10.1. The highest BCUT2D eigenvalue weighted by molar-refractivity contribution is 6.74. The molecule has 2 rings (SSSR count). The van der Waals surface area contributed by atoms with Crippen molar-refractivity contribution in [3.63, 3.8) is 0 Å². The Morgan fingerprint density at radius 3 is 2.35 bits per heavy atom. The Morgan fingerprint density at radius 1 is 1.23 bits per heavy atom. The lowest BCUT2D eigenvalue weighted by molar-refractivity contribution is -0.118. The molecule has 0 unspecified atom stereocenters. The highest BCUT2D eigenvalue weighted by Crippen LogP contribution is 2.41. The van der Waals surface area contributed by atoms with E-state index in [2.05, 4.69) is 40.4 Å². The molecule has 1 heterocycles. The second-order valence-corrected chi connectivity index (χ2v) is 15.1. The van der Waals surface area contributed by atoms with Crippen molar-refractivity contribution in [1.29, 1.82) is 0 Å². The summed E-state index contributed by atoms with van der Waals surface area (Å²) < 4.78 is 26.5. The zero-order valence-electron chi connectivity index (χ0n) is 20.0. The molecule has 0 aliphatic carbocycles. The van der Waals surface area contributed by atoms with Crippen molar-refractivity contribution in [2.24, 2.45) is 0 Å². The topological polar surface area (TPSA) is 59.1 Å². The lowest BCUT2D eigenvalue weighted by atomic mass is 10.0. The van der Waals surface area contributed by atoms with Gasteiger partial charge in [-0.1, -0.05) is 26.8 Å². The van der Waals surface area contributed by atoms with Gasteiger partial charge in [0.05, 0.1) is 11.4 Å². The molecule has 1 aromatic rings. The first-order chi connectivity index (χ1) is 14.1. The third kappa shape index (κ3) is 5.54. The fourth-order valence-electron chi connectivity index (χ4n) is 2.95. The van der Waals surface area contributed by atoms with Gasteiger partial charge < -0.3 is 9.16 Å². The van der Waals surface area contributed by atoms with Gasteiger partial charge in [-0.25, -0.2) is 9.18 Å². The normalized spacial score (nSPS) is 15.1. The van der Waals surface area contributed by atoms with Gasteiger partial charge in [0, 0.05) is 5.56 Å². The van der Waals surface area contributed by atoms with E-state index in [1.54, 1.807) is 26.8 Å². The second-order valence-electron chi connectivity index (χ2n) is 10.3. The van der Waals surface area contributed by atoms with E-state index < -0.39 is 25.8 Å². The summed E-state index contributed by atoms with van der Waals surface area (Å²) in [7, 11) is -2.17. The van der Waals surface area contributed by atoms with Gasteiger partial charge in [0.25, 0.3) is 0 Å². The highest BCUT2D eigenvalue weighted by atomic mass is 28.4. The first kappa shape index (κ1) is 25.1. The van der Waals surface area contributed by atoms with Crippen molar-refractivity contribution in [3.8, 4) is 0 Å². The Morgan fingerprint density at radius 2 is 1.84 bits per heavy atom. The van der Waals surface area contributed by atoms with Gasteiger partial charge in [0.2, 0.25) is 5.91 Å². The highest BCUT2D eigenvalue weighted by Gasteiger charge is 2.41. The Bertz CT molecular complexity index is 872. The van der Waals surface area contributed by atoms with Gasteiger partial charge in [-0.3, -0.25) is 14.6 Å². The van der Waals surface area contributed by atoms with Crippen LogP contribution < -0.4 is 9.80 Å². The maximum Gasteiger partial charge on any atom is 0.415 e. The van der Waals surface area contributed by atoms with Crippen LogP contribution in [-0.2, 0) is 20.4 Å². The van der Waals surface area contributed by atoms with Crippen molar-refractivity contribution in [2.75, 3.05) is 23.1 Å². The number of anilines is 2. The van der Waals surface area contributed by atoms with Crippen molar-refractivity contribution >= 4 is 31.7 Å². The summed E-state index contributed by atoms with van der Waals surface area (Å²) in [5.41, 5.74) is 0.326. The Balaban J connectivity index is 2.54. The Labute approximate surface area is 186 Å². The SMILES string of the molecule is C=CCc1c(F)ccc2c1N(CO[Si](C)(C)C(C)(C)C)C(=O)CN2C(=O)OC(C)(C)C. The van der Waals surface area contributed by atoms with Crippen LogP contribution in [0, 0.1) is 5.82 Å². The maximum absolute atomic E-state index is 14.8. The third-order valence-electron chi connectivity index (χ3n) is 5.68. The standard InChI is InChI=1S/C23H35FN2O4Si/c1-10-11-16-17(24)12-13-18-20(16)26(15-29-31(8,9)23(5,6)7)19(27)14-25(18)21(28)30-22(2,3)4/h10,12-13H,1,11,14-15H2,2-9H3. The molecular formula is C23H35FN2O4Si. The molecule has 0 aromatic heterocycles. The van der Waals surface area contributed by atoms with Crippen LogP contribution in [0.3, 0.4) is 0 Å². The van der Waals surface area contributed by atoms with Crippen LogP contribution >= 0.6 is 0 Å². The number of benzene rings is 1. The molecule has 172 valence electrons. The molecule has 8 heteroatoms. The van der Waals surface area contributed by atoms with Crippen LogP contribution in [0.15, 0.2) is 24.8 Å². The minimum absolute atomic E-state index is 0.00190. The van der Waals surface area contributed by atoms with Crippen molar-refractivity contribution in [3.05, 3.63) is 36.2 Å². The fraction of sp³-hybridized carbons (Fsp3) is 0.565. The molecule has 31 heavy (non-hydrogen) atoms. The lowest BCUT2D eigenvalue weighted by Crippen LogP contribution is -2.52. The molecule has 0 N–H and O–H groups in total. The number of ether oxygens (including phenoxy) is 1. The number of amides is 2. The Kier molecular flexibility index (Phi) is 7.07. The number of fused-ring (bicyclic) bond motifs is 1. The average Bonchev–Trinajstić information content (AvgIpc) is 2.60. The van der Waals surface area contributed by atoms with Crippen molar-refractivity contribution in [2.45, 2.75) is 71.7 Å². The molecule has 2 amide bonds. The lowest BCUT2D eigenvalue weighted by Gasteiger charge is -2.41. The predicted octanol–water partition coefficient (Wildman–Crippen LogP) is 5.62. The zero-order valence-corrected chi connectivity index (χ0v) is 21.0. The summed E-state index contributed by atoms with van der Waals surface area (Å²) in [6.45, 7) is 19.3. The van der Waals surface area contributed by atoms with Crippen LogP contribution in [0.2, 0.25) is 18.1 Å². The van der Waals surface area contributed by atoms with E-state index in [4.69, 9.17) is 9.16 Å². The molecule has 1 aliphatic heterocycles. The zero-order chi connectivity index (χ0) is 23.8. The number of carbonyl (C=O) groups is 2. The summed E-state index contributed by atoms with van der Waals surface area (Å²) in [5.74, 6) is -0.817. The van der Waals surface area contributed by atoms with E-state index in [9.17, 15) is 14.0 Å². The summed E-state index contributed by atoms with van der Waals surface area (Å²) in [4.78, 5) is 28.7. The summed E-state index contributed by atoms with van der Waals surface area (Å²) in [5, 5.41) is -0.0525. The number of hydrogen-bond donors (Lipinski definition) is 0. The molecule has 0 fully saturated rings. The number of halogens is 1. The smallest absolute Gasteiger partial charge is 0.415 e. The number of hydrogen-bond acceptors (Lipinski definition) is 4. The molecule has 0 atom stereocenters. The molecule has 0 spiro atoms. The molecule has 0 saturated heterocycles. The van der Waals surface area contributed by atoms with E-state index in [1.165, 1.54) is 21.9 Å². The number of carbonyl (C=O) groups excluding carboxylic acids is 2.